The van der Waals surface area contributed by atoms with Crippen LogP contribution in [0.5, 0.6) is 0 Å². The predicted molar refractivity (Wildman–Crippen MR) is 232 cm³/mol. The van der Waals surface area contributed by atoms with Gasteiger partial charge >= 0.3 is 0 Å². The molecule has 0 aliphatic heterocycles. The number of hydrogen-bond acceptors (Lipinski definition) is 2. The van der Waals surface area contributed by atoms with Crippen molar-refractivity contribution in [3.63, 3.8) is 0 Å². The summed E-state index contributed by atoms with van der Waals surface area (Å²) in [4.78, 5) is 6.32. The van der Waals surface area contributed by atoms with Gasteiger partial charge in [0.25, 0.3) is 0 Å². The van der Waals surface area contributed by atoms with Crippen LogP contribution < -0.4 is 4.90 Å². The molecule has 3 heteroatoms. The minimum atomic E-state index is -0.119. The number of thiophene rings is 1. The average molecular weight is 709 g/mol. The molecule has 2 nitrogen and oxygen atoms in total. The number of anilines is 3. The maximum absolute atomic E-state index is 3.86. The molecule has 0 unspecified atom stereocenters. The topological polar surface area (TPSA) is 19.0 Å². The molecule has 0 atom stereocenters. The number of benzene rings is 8. The second-order valence-electron chi connectivity index (χ2n) is 15.0. The highest BCUT2D eigenvalue weighted by molar-refractivity contribution is 7.25. The van der Waals surface area contributed by atoms with Gasteiger partial charge in [-0.25, -0.2) is 0 Å². The van der Waals surface area contributed by atoms with E-state index in [1.807, 2.05) is 11.3 Å². The largest absolute Gasteiger partial charge is 0.354 e. The second kappa shape index (κ2) is 11.8. The molecule has 8 aromatic carbocycles. The molecular weight excluding hydrogens is 673 g/mol. The molecule has 256 valence electrons. The van der Waals surface area contributed by atoms with Crippen molar-refractivity contribution in [3.8, 4) is 33.4 Å². The number of nitrogens with one attached hydrogen (secondary N) is 1. The van der Waals surface area contributed by atoms with Gasteiger partial charge in [0.2, 0.25) is 0 Å². The molecule has 0 bridgehead atoms. The van der Waals surface area contributed by atoms with E-state index in [4.69, 9.17) is 0 Å². The van der Waals surface area contributed by atoms with E-state index in [2.05, 4.69) is 200 Å². The summed E-state index contributed by atoms with van der Waals surface area (Å²) in [5.74, 6) is 0. The maximum atomic E-state index is 3.86. The van der Waals surface area contributed by atoms with Crippen LogP contribution in [0.3, 0.4) is 0 Å². The van der Waals surface area contributed by atoms with Gasteiger partial charge in [0.15, 0.2) is 0 Å². The molecule has 0 spiro atoms. The summed E-state index contributed by atoms with van der Waals surface area (Å²) >= 11 is 1.87. The van der Waals surface area contributed by atoms with Crippen LogP contribution in [0.4, 0.5) is 17.1 Å². The van der Waals surface area contributed by atoms with Crippen molar-refractivity contribution >= 4 is 70.4 Å². The van der Waals surface area contributed by atoms with Crippen molar-refractivity contribution in [2.24, 2.45) is 0 Å². The molecular formula is C51H36N2S. The number of rotatable bonds is 5. The van der Waals surface area contributed by atoms with E-state index in [-0.39, 0.29) is 5.41 Å². The van der Waals surface area contributed by atoms with Crippen LogP contribution in [0.25, 0.3) is 75.4 Å². The molecule has 10 aromatic rings. The van der Waals surface area contributed by atoms with Crippen molar-refractivity contribution in [1.82, 2.24) is 4.98 Å². The zero-order valence-corrected chi connectivity index (χ0v) is 30.9. The van der Waals surface area contributed by atoms with Gasteiger partial charge in [-0.05, 0) is 93.5 Å². The van der Waals surface area contributed by atoms with E-state index in [1.54, 1.807) is 0 Å². The van der Waals surface area contributed by atoms with Gasteiger partial charge in [-0.1, -0.05) is 135 Å². The summed E-state index contributed by atoms with van der Waals surface area (Å²) < 4.78 is 2.61. The van der Waals surface area contributed by atoms with Gasteiger partial charge in [0.05, 0.1) is 5.52 Å². The minimum Gasteiger partial charge on any atom is -0.354 e. The Labute approximate surface area is 318 Å². The highest BCUT2D eigenvalue weighted by Crippen LogP contribution is 2.52. The highest BCUT2D eigenvalue weighted by atomic mass is 32.1. The monoisotopic (exact) mass is 708 g/mol. The zero-order chi connectivity index (χ0) is 36.0. The number of hydrogen-bond donors (Lipinski definition) is 1. The lowest BCUT2D eigenvalue weighted by Crippen LogP contribution is -2.16. The average Bonchev–Trinajstić information content (AvgIpc) is 3.86. The Morgan fingerprint density at radius 1 is 0.444 bits per heavy atom. The van der Waals surface area contributed by atoms with E-state index in [9.17, 15) is 0 Å². The third-order valence-corrected chi connectivity index (χ3v) is 12.7. The molecule has 54 heavy (non-hydrogen) atoms. The first-order valence-corrected chi connectivity index (χ1v) is 19.5. The Balaban J connectivity index is 1.19. The Morgan fingerprint density at radius 2 is 1.11 bits per heavy atom. The first kappa shape index (κ1) is 31.1. The third-order valence-electron chi connectivity index (χ3n) is 11.6. The molecule has 1 aliphatic carbocycles. The Hall–Kier alpha value is -6.42. The fourth-order valence-electron chi connectivity index (χ4n) is 8.99. The summed E-state index contributed by atoms with van der Waals surface area (Å²) in [7, 11) is 0. The number of fused-ring (bicyclic) bond motifs is 9. The Bertz CT molecular complexity index is 3070. The lowest BCUT2D eigenvalue weighted by molar-refractivity contribution is 0.660. The van der Waals surface area contributed by atoms with Gasteiger partial charge < -0.3 is 9.88 Å². The summed E-state index contributed by atoms with van der Waals surface area (Å²) in [5, 5.41) is 5.06. The van der Waals surface area contributed by atoms with E-state index < -0.39 is 0 Å². The summed E-state index contributed by atoms with van der Waals surface area (Å²) in [6.45, 7) is 4.73. The van der Waals surface area contributed by atoms with E-state index in [0.29, 0.717) is 0 Å². The second-order valence-corrected chi connectivity index (χ2v) is 16.1. The van der Waals surface area contributed by atoms with Gasteiger partial charge in [-0.2, -0.15) is 0 Å². The van der Waals surface area contributed by atoms with Crippen molar-refractivity contribution in [2.45, 2.75) is 19.3 Å². The highest BCUT2D eigenvalue weighted by Gasteiger charge is 2.36. The fraction of sp³-hybridized carbons (Fsp3) is 0.0588. The molecule has 0 saturated carbocycles. The lowest BCUT2D eigenvalue weighted by atomic mass is 9.82. The predicted octanol–water partition coefficient (Wildman–Crippen LogP) is 14.8. The van der Waals surface area contributed by atoms with Crippen molar-refractivity contribution in [3.05, 3.63) is 187 Å². The third kappa shape index (κ3) is 4.65. The summed E-state index contributed by atoms with van der Waals surface area (Å²) in [5.41, 5.74) is 15.8. The van der Waals surface area contributed by atoms with E-state index in [0.717, 1.165) is 28.1 Å². The molecule has 1 aliphatic rings. The normalized spacial score (nSPS) is 13.1. The molecule has 11 rings (SSSR count). The molecule has 0 radical (unpaired) electrons. The SMILES string of the molecule is CC1(C)c2ccccc2-c2ccc(N(c3ccc(-c4ccccc4)cc3)c3cc(-c4cccc5sc6ccccc6c45)c4[nH]c5ccccc5c4c3)cc21. The van der Waals surface area contributed by atoms with Crippen molar-refractivity contribution in [1.29, 1.82) is 0 Å². The maximum Gasteiger partial charge on any atom is 0.0546 e. The molecule has 2 aromatic heterocycles. The Morgan fingerprint density at radius 3 is 1.98 bits per heavy atom. The van der Waals surface area contributed by atoms with E-state index >= 15 is 0 Å². The Kier molecular flexibility index (Phi) is 6.80. The van der Waals surface area contributed by atoms with Crippen LogP contribution in [0.1, 0.15) is 25.0 Å². The van der Waals surface area contributed by atoms with Crippen LogP contribution in [0.2, 0.25) is 0 Å². The van der Waals surface area contributed by atoms with Crippen LogP contribution in [-0.2, 0) is 5.41 Å². The molecule has 0 saturated heterocycles. The number of nitrogens with zero attached hydrogens (tertiary/aromatic N) is 1. The van der Waals surface area contributed by atoms with Crippen molar-refractivity contribution in [2.75, 3.05) is 4.90 Å². The van der Waals surface area contributed by atoms with Gasteiger partial charge in [0.1, 0.15) is 0 Å². The zero-order valence-electron chi connectivity index (χ0n) is 30.1. The molecule has 1 N–H and O–H groups in total. The van der Waals surface area contributed by atoms with Crippen LogP contribution >= 0.6 is 11.3 Å². The van der Waals surface area contributed by atoms with Gasteiger partial charge in [-0.15, -0.1) is 11.3 Å². The van der Waals surface area contributed by atoms with Gasteiger partial charge in [0, 0.05) is 64.5 Å². The van der Waals surface area contributed by atoms with Crippen LogP contribution in [0.15, 0.2) is 176 Å². The lowest BCUT2D eigenvalue weighted by Gasteiger charge is -2.29. The standard InChI is InChI=1S/C51H36N2S/c1-51(2)44-19-9-6-15-37(44)38-28-27-35(31-45(38)51)53(34-25-23-33(24-26-34)32-13-4-3-5-14-32)36-29-42-39-16-7-10-20-46(39)52-50(42)43(30-36)40-18-12-22-48-49(40)41-17-8-11-21-47(41)54-48/h3-31,52H,1-2H3. The first-order valence-electron chi connectivity index (χ1n) is 18.7. The number of para-hydroxylation sites is 1. The van der Waals surface area contributed by atoms with E-state index in [1.165, 1.54) is 75.5 Å². The first-order chi connectivity index (χ1) is 26.5. The molecule has 2 heterocycles. The number of aromatic nitrogens is 1. The fourth-order valence-corrected chi connectivity index (χ4v) is 10.1. The van der Waals surface area contributed by atoms with Gasteiger partial charge in [-0.3, -0.25) is 0 Å². The summed E-state index contributed by atoms with van der Waals surface area (Å²) in [6, 6.07) is 64.8. The smallest absolute Gasteiger partial charge is 0.0546 e. The van der Waals surface area contributed by atoms with Crippen LogP contribution in [-0.4, -0.2) is 4.98 Å². The number of aromatic amines is 1. The van der Waals surface area contributed by atoms with Crippen LogP contribution in [0, 0.1) is 0 Å². The summed E-state index contributed by atoms with van der Waals surface area (Å²) in [6.07, 6.45) is 0. The number of H-pyrrole nitrogens is 1. The molecule has 0 fully saturated rings. The van der Waals surface area contributed by atoms with Crippen molar-refractivity contribution < 1.29 is 0 Å². The molecule has 0 amide bonds. The minimum absolute atomic E-state index is 0.119. The quantitative estimate of drug-likeness (QED) is 0.189.